The van der Waals surface area contributed by atoms with Crippen LogP contribution >= 0.6 is 23.1 Å². The van der Waals surface area contributed by atoms with Crippen molar-refractivity contribution in [3.8, 4) is 5.75 Å². The highest BCUT2D eigenvalue weighted by Gasteiger charge is 2.17. The number of rotatable bonds is 7. The number of anilines is 2. The first-order valence-electron chi connectivity index (χ1n) is 8.60. The average molecular weight is 408 g/mol. The van der Waals surface area contributed by atoms with Gasteiger partial charge >= 0.3 is 6.03 Å². The van der Waals surface area contributed by atoms with E-state index in [0.29, 0.717) is 32.7 Å². The molecule has 1 fully saturated rings. The summed E-state index contributed by atoms with van der Waals surface area (Å²) in [6.07, 6.45) is 4.49. The van der Waals surface area contributed by atoms with Crippen LogP contribution in [0.2, 0.25) is 0 Å². The van der Waals surface area contributed by atoms with Crippen LogP contribution in [0, 0.1) is 0 Å². The van der Waals surface area contributed by atoms with Crippen molar-refractivity contribution >= 4 is 45.9 Å². The fourth-order valence-electron chi connectivity index (χ4n) is 2.72. The third-order valence-corrected chi connectivity index (χ3v) is 5.99. The van der Waals surface area contributed by atoms with Crippen LogP contribution in [0.4, 0.5) is 15.6 Å². The zero-order chi connectivity index (χ0) is 19.1. The van der Waals surface area contributed by atoms with Crippen molar-refractivity contribution in [2.45, 2.75) is 36.1 Å². The van der Waals surface area contributed by atoms with Gasteiger partial charge in [0, 0.05) is 11.7 Å². The number of nitrogens with one attached hydrogen (secondary N) is 3. The van der Waals surface area contributed by atoms with Crippen LogP contribution in [-0.4, -0.2) is 41.0 Å². The average Bonchev–Trinajstić information content (AvgIpc) is 3.32. The van der Waals surface area contributed by atoms with Crippen molar-refractivity contribution < 1.29 is 14.3 Å². The van der Waals surface area contributed by atoms with E-state index in [1.165, 1.54) is 35.9 Å². The number of carbonyl (C=O) groups excluding carboxylic acids is 2. The number of hydrogen-bond donors (Lipinski definition) is 3. The summed E-state index contributed by atoms with van der Waals surface area (Å²) in [6, 6.07) is 6.89. The summed E-state index contributed by atoms with van der Waals surface area (Å²) < 4.78 is 5.71. The Labute approximate surface area is 165 Å². The molecule has 0 radical (unpaired) electrons. The first-order valence-corrected chi connectivity index (χ1v) is 10.4. The maximum absolute atomic E-state index is 12.0. The highest BCUT2D eigenvalue weighted by atomic mass is 32.2. The number of thioether (sulfide) groups is 1. The fourth-order valence-corrected chi connectivity index (χ4v) is 4.28. The van der Waals surface area contributed by atoms with E-state index in [1.807, 2.05) is 0 Å². The van der Waals surface area contributed by atoms with Crippen molar-refractivity contribution in [1.82, 2.24) is 15.5 Å². The number of ether oxygens (including phenoxy) is 1. The molecule has 10 heteroatoms. The van der Waals surface area contributed by atoms with E-state index < -0.39 is 6.03 Å². The minimum absolute atomic E-state index is 0.00820. The summed E-state index contributed by atoms with van der Waals surface area (Å²) in [4.78, 5) is 24.0. The van der Waals surface area contributed by atoms with Crippen LogP contribution in [0.3, 0.4) is 0 Å². The van der Waals surface area contributed by atoms with Crippen molar-refractivity contribution in [2.75, 3.05) is 23.5 Å². The standard InChI is InChI=1S/C17H21N5O3S2/c1-25-13-8-6-12(7-9-13)19-15(24)20-16-21-22-17(27-16)26-10-14(23)18-11-4-2-3-5-11/h6-9,11H,2-5,10H2,1H3,(H,18,23)(H2,19,20,21,24). The van der Waals surface area contributed by atoms with Gasteiger partial charge in [0.05, 0.1) is 12.9 Å². The highest BCUT2D eigenvalue weighted by Crippen LogP contribution is 2.26. The van der Waals surface area contributed by atoms with Gasteiger partial charge in [-0.1, -0.05) is 35.9 Å². The van der Waals surface area contributed by atoms with Crippen LogP contribution < -0.4 is 20.7 Å². The van der Waals surface area contributed by atoms with Crippen molar-refractivity contribution in [3.63, 3.8) is 0 Å². The molecule has 0 saturated heterocycles. The fraction of sp³-hybridized carbons (Fsp3) is 0.412. The number of benzene rings is 1. The molecular formula is C17H21N5O3S2. The quantitative estimate of drug-likeness (QED) is 0.480. The molecule has 0 bridgehead atoms. The summed E-state index contributed by atoms with van der Waals surface area (Å²) in [6.45, 7) is 0. The van der Waals surface area contributed by atoms with Gasteiger partial charge in [-0.25, -0.2) is 4.79 Å². The number of urea groups is 1. The van der Waals surface area contributed by atoms with Gasteiger partial charge in [0.2, 0.25) is 11.0 Å². The molecule has 1 saturated carbocycles. The number of nitrogens with zero attached hydrogens (tertiary/aromatic N) is 2. The Morgan fingerprint density at radius 1 is 1.19 bits per heavy atom. The first kappa shape index (κ1) is 19.4. The Morgan fingerprint density at radius 2 is 1.93 bits per heavy atom. The van der Waals surface area contributed by atoms with Crippen LogP contribution in [0.1, 0.15) is 25.7 Å². The zero-order valence-electron chi connectivity index (χ0n) is 14.9. The van der Waals surface area contributed by atoms with Crippen molar-refractivity contribution in [2.24, 2.45) is 0 Å². The molecule has 1 heterocycles. The van der Waals surface area contributed by atoms with E-state index in [2.05, 4.69) is 26.1 Å². The number of aromatic nitrogens is 2. The Hall–Kier alpha value is -2.33. The molecule has 27 heavy (non-hydrogen) atoms. The topological polar surface area (TPSA) is 105 Å². The van der Waals surface area contributed by atoms with Crippen LogP contribution in [-0.2, 0) is 4.79 Å². The molecule has 0 unspecified atom stereocenters. The Kier molecular flexibility index (Phi) is 6.88. The number of amides is 3. The van der Waals surface area contributed by atoms with Gasteiger partial charge < -0.3 is 15.4 Å². The van der Waals surface area contributed by atoms with Crippen molar-refractivity contribution in [3.05, 3.63) is 24.3 Å². The molecule has 0 spiro atoms. The minimum atomic E-state index is -0.410. The maximum atomic E-state index is 12.0. The van der Waals surface area contributed by atoms with Gasteiger partial charge in [-0.2, -0.15) is 0 Å². The van der Waals surface area contributed by atoms with E-state index >= 15 is 0 Å². The Morgan fingerprint density at radius 3 is 2.63 bits per heavy atom. The SMILES string of the molecule is COc1ccc(NC(=O)Nc2nnc(SCC(=O)NC3CCCC3)s2)cc1. The highest BCUT2D eigenvalue weighted by molar-refractivity contribution is 8.01. The lowest BCUT2D eigenvalue weighted by Crippen LogP contribution is -2.33. The van der Waals surface area contributed by atoms with Gasteiger partial charge in [-0.15, -0.1) is 10.2 Å². The molecule has 1 aliphatic rings. The molecule has 3 rings (SSSR count). The molecular weight excluding hydrogens is 386 g/mol. The molecule has 3 amide bonds. The molecule has 144 valence electrons. The Bertz CT molecular complexity index is 775. The smallest absolute Gasteiger partial charge is 0.325 e. The van der Waals surface area contributed by atoms with Gasteiger partial charge in [-0.3, -0.25) is 10.1 Å². The lowest BCUT2D eigenvalue weighted by atomic mass is 10.2. The second-order valence-corrected chi connectivity index (χ2v) is 8.22. The lowest BCUT2D eigenvalue weighted by molar-refractivity contribution is -0.119. The van der Waals surface area contributed by atoms with Crippen molar-refractivity contribution in [1.29, 1.82) is 0 Å². The summed E-state index contributed by atoms with van der Waals surface area (Å²) in [7, 11) is 1.58. The first-order chi connectivity index (χ1) is 13.1. The summed E-state index contributed by atoms with van der Waals surface area (Å²) >= 11 is 2.55. The lowest BCUT2D eigenvalue weighted by Gasteiger charge is -2.10. The molecule has 3 N–H and O–H groups in total. The van der Waals surface area contributed by atoms with E-state index in [1.54, 1.807) is 31.4 Å². The van der Waals surface area contributed by atoms with Crippen LogP contribution in [0.15, 0.2) is 28.6 Å². The van der Waals surface area contributed by atoms with Gasteiger partial charge in [-0.05, 0) is 37.1 Å². The van der Waals surface area contributed by atoms with Crippen LogP contribution in [0.5, 0.6) is 5.75 Å². The summed E-state index contributed by atoms with van der Waals surface area (Å²) in [5.41, 5.74) is 0.635. The monoisotopic (exact) mass is 407 g/mol. The third kappa shape index (κ3) is 6.10. The van der Waals surface area contributed by atoms with Gasteiger partial charge in [0.1, 0.15) is 5.75 Å². The number of methoxy groups -OCH3 is 1. The van der Waals surface area contributed by atoms with E-state index in [0.717, 1.165) is 12.8 Å². The molecule has 0 atom stereocenters. The predicted molar refractivity (Wildman–Crippen MR) is 107 cm³/mol. The molecule has 0 aliphatic heterocycles. The van der Waals surface area contributed by atoms with E-state index in [4.69, 9.17) is 4.74 Å². The van der Waals surface area contributed by atoms with Gasteiger partial charge in [0.25, 0.3) is 0 Å². The minimum Gasteiger partial charge on any atom is -0.497 e. The van der Waals surface area contributed by atoms with Crippen LogP contribution in [0.25, 0.3) is 0 Å². The number of hydrogen-bond acceptors (Lipinski definition) is 7. The molecule has 1 aliphatic carbocycles. The molecule has 2 aromatic rings. The Balaban J connectivity index is 1.42. The molecule has 8 nitrogen and oxygen atoms in total. The van der Waals surface area contributed by atoms with Gasteiger partial charge in [0.15, 0.2) is 4.34 Å². The summed E-state index contributed by atoms with van der Waals surface area (Å²) in [5, 5.41) is 16.7. The van der Waals surface area contributed by atoms with E-state index in [9.17, 15) is 9.59 Å². The second-order valence-electron chi connectivity index (χ2n) is 6.02. The maximum Gasteiger partial charge on any atom is 0.325 e. The third-order valence-electron chi connectivity index (χ3n) is 4.02. The normalized spacial score (nSPS) is 14.0. The summed E-state index contributed by atoms with van der Waals surface area (Å²) in [5.74, 6) is 1.01. The largest absolute Gasteiger partial charge is 0.497 e. The molecule has 1 aromatic heterocycles. The zero-order valence-corrected chi connectivity index (χ0v) is 16.5. The number of carbonyl (C=O) groups is 2. The van der Waals surface area contributed by atoms with E-state index in [-0.39, 0.29) is 5.91 Å². The predicted octanol–water partition coefficient (Wildman–Crippen LogP) is 3.34. The second kappa shape index (κ2) is 9.56. The molecule has 1 aromatic carbocycles.